The van der Waals surface area contributed by atoms with Gasteiger partial charge in [-0.2, -0.15) is 0 Å². The number of hydrogen-bond donors (Lipinski definition) is 0. The van der Waals surface area contributed by atoms with Crippen molar-refractivity contribution >= 4 is 21.8 Å². The SMILES string of the molecule is O=C(c1ccc(Br)cn1)N(Cc1ccccc1F)C1CC1. The van der Waals surface area contributed by atoms with Crippen molar-refractivity contribution < 1.29 is 9.18 Å². The van der Waals surface area contributed by atoms with Gasteiger partial charge in [0.1, 0.15) is 11.5 Å². The number of aromatic nitrogens is 1. The minimum Gasteiger partial charge on any atom is -0.330 e. The molecule has 1 amide bonds. The summed E-state index contributed by atoms with van der Waals surface area (Å²) in [6.45, 7) is 0.286. The van der Waals surface area contributed by atoms with Crippen molar-refractivity contribution in [2.24, 2.45) is 0 Å². The molecule has 21 heavy (non-hydrogen) atoms. The quantitative estimate of drug-likeness (QED) is 0.842. The summed E-state index contributed by atoms with van der Waals surface area (Å²) in [6.07, 6.45) is 3.54. The lowest BCUT2D eigenvalue weighted by Crippen LogP contribution is -2.33. The van der Waals surface area contributed by atoms with Gasteiger partial charge in [0.15, 0.2) is 0 Å². The first-order valence-corrected chi connectivity index (χ1v) is 7.60. The average Bonchev–Trinajstić information content (AvgIpc) is 3.31. The fourth-order valence-electron chi connectivity index (χ4n) is 2.21. The molecule has 0 saturated heterocycles. The summed E-state index contributed by atoms with van der Waals surface area (Å²) < 4.78 is 14.6. The molecular formula is C16H14BrFN2O. The van der Waals surface area contributed by atoms with E-state index in [9.17, 15) is 9.18 Å². The Morgan fingerprint density at radius 3 is 2.67 bits per heavy atom. The molecule has 108 valence electrons. The first-order chi connectivity index (χ1) is 10.1. The molecule has 0 aliphatic heterocycles. The van der Waals surface area contributed by atoms with Crippen LogP contribution in [0.4, 0.5) is 4.39 Å². The highest BCUT2D eigenvalue weighted by Gasteiger charge is 2.33. The van der Waals surface area contributed by atoms with E-state index in [1.165, 1.54) is 6.07 Å². The lowest BCUT2D eigenvalue weighted by atomic mass is 10.2. The molecular weight excluding hydrogens is 335 g/mol. The largest absolute Gasteiger partial charge is 0.330 e. The highest BCUT2D eigenvalue weighted by atomic mass is 79.9. The van der Waals surface area contributed by atoms with Gasteiger partial charge in [0.05, 0.1) is 0 Å². The summed E-state index contributed by atoms with van der Waals surface area (Å²) in [5.74, 6) is -0.423. The molecule has 1 aromatic carbocycles. The Bertz CT molecular complexity index is 656. The van der Waals surface area contributed by atoms with Gasteiger partial charge in [-0.3, -0.25) is 4.79 Å². The average molecular weight is 349 g/mol. The van der Waals surface area contributed by atoms with Gasteiger partial charge in [-0.15, -0.1) is 0 Å². The number of benzene rings is 1. The van der Waals surface area contributed by atoms with E-state index in [1.54, 1.807) is 41.4 Å². The van der Waals surface area contributed by atoms with Crippen LogP contribution in [0.5, 0.6) is 0 Å². The lowest BCUT2D eigenvalue weighted by Gasteiger charge is -2.22. The fraction of sp³-hybridized carbons (Fsp3) is 0.250. The van der Waals surface area contributed by atoms with E-state index >= 15 is 0 Å². The van der Waals surface area contributed by atoms with Crippen molar-refractivity contribution in [3.05, 3.63) is 64.1 Å². The maximum atomic E-state index is 13.8. The van der Waals surface area contributed by atoms with Gasteiger partial charge >= 0.3 is 0 Å². The molecule has 0 spiro atoms. The molecule has 1 fully saturated rings. The number of hydrogen-bond acceptors (Lipinski definition) is 2. The van der Waals surface area contributed by atoms with E-state index in [2.05, 4.69) is 20.9 Å². The van der Waals surface area contributed by atoms with Crippen LogP contribution >= 0.6 is 15.9 Å². The minimum absolute atomic E-state index is 0.145. The number of carbonyl (C=O) groups is 1. The summed E-state index contributed by atoms with van der Waals surface area (Å²) in [5.41, 5.74) is 0.927. The zero-order valence-electron chi connectivity index (χ0n) is 11.3. The van der Waals surface area contributed by atoms with Crippen LogP contribution in [0.1, 0.15) is 28.9 Å². The van der Waals surface area contributed by atoms with E-state index in [1.807, 2.05) is 0 Å². The molecule has 0 radical (unpaired) electrons. The molecule has 1 saturated carbocycles. The number of halogens is 2. The smallest absolute Gasteiger partial charge is 0.272 e. The van der Waals surface area contributed by atoms with Gasteiger partial charge in [-0.25, -0.2) is 9.37 Å². The zero-order valence-corrected chi connectivity index (χ0v) is 12.9. The van der Waals surface area contributed by atoms with Gasteiger partial charge in [-0.05, 0) is 47.0 Å². The molecule has 0 bridgehead atoms. The highest BCUT2D eigenvalue weighted by molar-refractivity contribution is 9.10. The van der Waals surface area contributed by atoms with E-state index in [0.717, 1.165) is 17.3 Å². The zero-order chi connectivity index (χ0) is 14.8. The summed E-state index contributed by atoms with van der Waals surface area (Å²) in [7, 11) is 0. The third kappa shape index (κ3) is 3.29. The fourth-order valence-corrected chi connectivity index (χ4v) is 2.45. The van der Waals surface area contributed by atoms with Gasteiger partial charge in [-0.1, -0.05) is 18.2 Å². The topological polar surface area (TPSA) is 33.2 Å². The van der Waals surface area contributed by atoms with Gasteiger partial charge < -0.3 is 4.90 Å². The summed E-state index contributed by atoms with van der Waals surface area (Å²) in [5, 5.41) is 0. The molecule has 3 nitrogen and oxygen atoms in total. The van der Waals surface area contributed by atoms with Crippen molar-refractivity contribution in [3.63, 3.8) is 0 Å². The van der Waals surface area contributed by atoms with Crippen LogP contribution in [0.25, 0.3) is 0 Å². The van der Waals surface area contributed by atoms with Crippen molar-refractivity contribution in [3.8, 4) is 0 Å². The Hall–Kier alpha value is -1.75. The van der Waals surface area contributed by atoms with Crippen LogP contribution in [0, 0.1) is 5.82 Å². The molecule has 2 aromatic rings. The van der Waals surface area contributed by atoms with Crippen LogP contribution in [0.15, 0.2) is 47.1 Å². The molecule has 1 aliphatic rings. The van der Waals surface area contributed by atoms with E-state index in [-0.39, 0.29) is 24.3 Å². The Morgan fingerprint density at radius 1 is 1.29 bits per heavy atom. The monoisotopic (exact) mass is 348 g/mol. The van der Waals surface area contributed by atoms with Crippen LogP contribution in [0.3, 0.4) is 0 Å². The van der Waals surface area contributed by atoms with Crippen LogP contribution in [-0.4, -0.2) is 21.8 Å². The number of carbonyl (C=O) groups excluding carboxylic acids is 1. The number of rotatable bonds is 4. The van der Waals surface area contributed by atoms with E-state index in [0.29, 0.717) is 11.3 Å². The summed E-state index contributed by atoms with van der Waals surface area (Å²) in [4.78, 5) is 18.4. The molecule has 0 atom stereocenters. The molecule has 3 rings (SSSR count). The number of nitrogens with zero attached hydrogens (tertiary/aromatic N) is 2. The highest BCUT2D eigenvalue weighted by Crippen LogP contribution is 2.30. The van der Waals surface area contributed by atoms with E-state index in [4.69, 9.17) is 0 Å². The predicted molar refractivity (Wildman–Crippen MR) is 81.2 cm³/mol. The van der Waals surface area contributed by atoms with Gasteiger partial charge in [0.25, 0.3) is 5.91 Å². The van der Waals surface area contributed by atoms with E-state index < -0.39 is 0 Å². The Morgan fingerprint density at radius 2 is 2.05 bits per heavy atom. The van der Waals surface area contributed by atoms with Crippen molar-refractivity contribution in [1.29, 1.82) is 0 Å². The second-order valence-corrected chi connectivity index (χ2v) is 6.03. The van der Waals surface area contributed by atoms with Crippen LogP contribution in [-0.2, 0) is 6.54 Å². The maximum absolute atomic E-state index is 13.8. The standard InChI is InChI=1S/C16H14BrFN2O/c17-12-5-8-15(19-9-12)16(21)20(13-6-7-13)10-11-3-1-2-4-14(11)18/h1-5,8-9,13H,6-7,10H2. The van der Waals surface area contributed by atoms with Crippen molar-refractivity contribution in [1.82, 2.24) is 9.88 Å². The van der Waals surface area contributed by atoms with Crippen LogP contribution in [0.2, 0.25) is 0 Å². The van der Waals surface area contributed by atoms with Gasteiger partial charge in [0.2, 0.25) is 0 Å². The molecule has 1 heterocycles. The first kappa shape index (κ1) is 14.2. The Balaban J connectivity index is 1.83. The maximum Gasteiger partial charge on any atom is 0.272 e. The summed E-state index contributed by atoms with van der Waals surface area (Å²) in [6, 6.07) is 10.2. The first-order valence-electron chi connectivity index (χ1n) is 6.81. The molecule has 1 aliphatic carbocycles. The second-order valence-electron chi connectivity index (χ2n) is 5.12. The molecule has 0 unspecified atom stereocenters. The summed E-state index contributed by atoms with van der Waals surface area (Å²) >= 11 is 3.30. The second kappa shape index (κ2) is 5.93. The van der Waals surface area contributed by atoms with Crippen molar-refractivity contribution in [2.75, 3.05) is 0 Å². The third-order valence-corrected chi connectivity index (χ3v) is 3.96. The molecule has 1 aromatic heterocycles. The minimum atomic E-state index is -0.278. The normalized spacial score (nSPS) is 14.0. The predicted octanol–water partition coefficient (Wildman–Crippen LogP) is 3.79. The Labute approximate surface area is 130 Å². The number of amides is 1. The third-order valence-electron chi connectivity index (χ3n) is 3.49. The number of pyridine rings is 1. The van der Waals surface area contributed by atoms with Crippen LogP contribution < -0.4 is 0 Å². The van der Waals surface area contributed by atoms with Crippen molar-refractivity contribution in [2.45, 2.75) is 25.4 Å². The van der Waals surface area contributed by atoms with Gasteiger partial charge in [0, 0.05) is 28.8 Å². The molecule has 0 N–H and O–H groups in total. The Kier molecular flexibility index (Phi) is 4.01. The molecule has 5 heteroatoms. The lowest BCUT2D eigenvalue weighted by molar-refractivity contribution is 0.0722.